The highest BCUT2D eigenvalue weighted by atomic mass is 16.3. The lowest BCUT2D eigenvalue weighted by Crippen LogP contribution is -2.38. The van der Waals surface area contributed by atoms with E-state index in [1.54, 1.807) is 26.8 Å². The first kappa shape index (κ1) is 43.2. The van der Waals surface area contributed by atoms with Gasteiger partial charge in [-0.15, -0.1) is 0 Å². The molecule has 10 atom stereocenters. The monoisotopic (exact) mass is 648 g/mol. The minimum atomic E-state index is -1.05. The number of aliphatic hydroxyl groups excluding tert-OH is 9. The molecule has 0 saturated carbocycles. The molecular weight excluding hydrogens is 588 g/mol. The average molecular weight is 649 g/mol. The number of Topliss-reactive ketones (excluding diaryl/α,β-unsaturated/α-hetero) is 1. The molecule has 0 aliphatic carbocycles. The Hall–Kier alpha value is -1.78. The van der Waals surface area contributed by atoms with Gasteiger partial charge in [-0.3, -0.25) is 9.59 Å². The summed E-state index contributed by atoms with van der Waals surface area (Å²) in [6.07, 6.45) is -1.85. The Balaban J connectivity index is 4.23. The number of amides is 1. The van der Waals surface area contributed by atoms with E-state index in [1.165, 1.54) is 18.2 Å². The molecule has 1 amide bonds. The second-order valence-electron chi connectivity index (χ2n) is 12.5. The van der Waals surface area contributed by atoms with E-state index in [9.17, 15) is 55.5 Å². The van der Waals surface area contributed by atoms with Crippen molar-refractivity contribution in [3.8, 4) is 0 Å². The summed E-state index contributed by atoms with van der Waals surface area (Å²) in [5.74, 6) is -0.588. The van der Waals surface area contributed by atoms with Crippen LogP contribution in [-0.2, 0) is 9.59 Å². The number of carbonyl (C=O) groups excluding carboxylic acids is 2. The lowest BCUT2D eigenvalue weighted by molar-refractivity contribution is -0.124. The van der Waals surface area contributed by atoms with Gasteiger partial charge in [-0.05, 0) is 58.3 Å². The van der Waals surface area contributed by atoms with Crippen molar-refractivity contribution in [2.24, 2.45) is 11.7 Å². The molecule has 10 unspecified atom stereocenters. The molecule has 0 radical (unpaired) electrons. The second kappa shape index (κ2) is 24.4. The SMILES string of the molecule is CC(C)C(=O)CC(O)CC(O)CC(O)/C=C/CC(O)CC(O)CC(O)CC(O)/C=C/CC(O)CC(O)CCCNC(=O)C(C)N. The largest absolute Gasteiger partial charge is 0.393 e. The smallest absolute Gasteiger partial charge is 0.236 e. The predicted octanol–water partition coefficient (Wildman–Crippen LogP) is -0.673. The van der Waals surface area contributed by atoms with Crippen LogP contribution in [0, 0.1) is 5.92 Å². The molecule has 0 bridgehead atoms. The molecule has 12 N–H and O–H groups in total. The van der Waals surface area contributed by atoms with Gasteiger partial charge >= 0.3 is 0 Å². The quantitative estimate of drug-likeness (QED) is 0.0412. The Labute approximate surface area is 267 Å². The van der Waals surface area contributed by atoms with Crippen LogP contribution in [0.1, 0.15) is 91.4 Å². The van der Waals surface area contributed by atoms with Crippen LogP contribution in [0.4, 0.5) is 0 Å². The highest BCUT2D eigenvalue weighted by Crippen LogP contribution is 2.15. The summed E-state index contributed by atoms with van der Waals surface area (Å²) in [5.41, 5.74) is 5.45. The zero-order valence-electron chi connectivity index (χ0n) is 27.1. The molecule has 0 aromatic heterocycles. The Kier molecular flexibility index (Phi) is 23.4. The van der Waals surface area contributed by atoms with E-state index in [-0.39, 0.29) is 75.4 Å². The third-order valence-corrected chi connectivity index (χ3v) is 7.24. The van der Waals surface area contributed by atoms with Gasteiger partial charge in [0.15, 0.2) is 0 Å². The minimum absolute atomic E-state index is 0.0447. The van der Waals surface area contributed by atoms with Crippen molar-refractivity contribution in [2.75, 3.05) is 6.54 Å². The average Bonchev–Trinajstić information content (AvgIpc) is 2.90. The number of ketones is 1. The summed E-state index contributed by atoms with van der Waals surface area (Å²) in [6.45, 7) is 5.41. The van der Waals surface area contributed by atoms with Crippen LogP contribution in [0.5, 0.6) is 0 Å². The number of hydrogen-bond donors (Lipinski definition) is 11. The zero-order chi connectivity index (χ0) is 34.5. The van der Waals surface area contributed by atoms with Gasteiger partial charge in [-0.25, -0.2) is 0 Å². The van der Waals surface area contributed by atoms with Crippen molar-refractivity contribution in [3.63, 3.8) is 0 Å². The third kappa shape index (κ3) is 24.1. The van der Waals surface area contributed by atoms with Crippen LogP contribution in [0.3, 0.4) is 0 Å². The molecule has 45 heavy (non-hydrogen) atoms. The lowest BCUT2D eigenvalue weighted by atomic mass is 9.97. The van der Waals surface area contributed by atoms with E-state index in [4.69, 9.17) is 5.73 Å². The van der Waals surface area contributed by atoms with Crippen molar-refractivity contribution in [3.05, 3.63) is 24.3 Å². The molecule has 0 heterocycles. The van der Waals surface area contributed by atoms with Gasteiger partial charge in [0.25, 0.3) is 0 Å². The number of nitrogens with two attached hydrogens (primary N) is 1. The first-order chi connectivity index (χ1) is 21.0. The standard InChI is InChI=1S/C32H60N2O11/c1-20(2)31(44)19-30(43)18-29(42)16-25(38)10-5-9-24(37)15-28(41)17-27(40)14-23(36)8-4-7-22(35)13-26(39)11-6-12-34-32(45)21(3)33/h4-5,8,10,20-30,35-43H,6-7,9,11-19,33H2,1-3H3,(H,34,45)/b8-4+,10-5+. The van der Waals surface area contributed by atoms with Gasteiger partial charge in [0.05, 0.1) is 61.0 Å². The predicted molar refractivity (Wildman–Crippen MR) is 170 cm³/mol. The van der Waals surface area contributed by atoms with Crippen LogP contribution in [-0.4, -0.2) is 125 Å². The fraction of sp³-hybridized carbons (Fsp3) is 0.812. The summed E-state index contributed by atoms with van der Waals surface area (Å²) in [4.78, 5) is 23.1. The topological polar surface area (TPSA) is 254 Å². The van der Waals surface area contributed by atoms with E-state index in [1.807, 2.05) is 0 Å². The van der Waals surface area contributed by atoms with E-state index >= 15 is 0 Å². The molecule has 0 aromatic rings. The first-order valence-electron chi connectivity index (χ1n) is 16.0. The minimum Gasteiger partial charge on any atom is -0.393 e. The van der Waals surface area contributed by atoms with Crippen molar-refractivity contribution < 1.29 is 55.5 Å². The fourth-order valence-corrected chi connectivity index (χ4v) is 4.62. The number of hydrogen-bond acceptors (Lipinski definition) is 12. The number of rotatable bonds is 26. The molecule has 13 nitrogen and oxygen atoms in total. The maximum atomic E-state index is 11.7. The van der Waals surface area contributed by atoms with Gasteiger partial charge in [-0.2, -0.15) is 0 Å². The summed E-state index contributed by atoms with van der Waals surface area (Å²) in [7, 11) is 0. The summed E-state index contributed by atoms with van der Waals surface area (Å²) >= 11 is 0. The van der Waals surface area contributed by atoms with Gasteiger partial charge in [-0.1, -0.05) is 38.2 Å². The molecular formula is C32H60N2O11. The highest BCUT2D eigenvalue weighted by Gasteiger charge is 2.20. The van der Waals surface area contributed by atoms with E-state index in [0.29, 0.717) is 19.4 Å². The molecule has 0 fully saturated rings. The summed E-state index contributed by atoms with van der Waals surface area (Å²) in [6, 6.07) is -0.602. The van der Waals surface area contributed by atoms with Crippen LogP contribution in [0.2, 0.25) is 0 Å². The van der Waals surface area contributed by atoms with E-state index in [2.05, 4.69) is 5.32 Å². The maximum Gasteiger partial charge on any atom is 0.236 e. The van der Waals surface area contributed by atoms with Crippen molar-refractivity contribution >= 4 is 11.7 Å². The Morgan fingerprint density at radius 3 is 1.51 bits per heavy atom. The van der Waals surface area contributed by atoms with E-state index in [0.717, 1.165) is 0 Å². The van der Waals surface area contributed by atoms with Crippen LogP contribution in [0.25, 0.3) is 0 Å². The van der Waals surface area contributed by atoms with E-state index < -0.39 is 61.0 Å². The number of aliphatic hydroxyl groups is 9. The lowest BCUT2D eigenvalue weighted by Gasteiger charge is -2.19. The van der Waals surface area contributed by atoms with Crippen LogP contribution < -0.4 is 11.1 Å². The molecule has 0 rings (SSSR count). The van der Waals surface area contributed by atoms with Crippen molar-refractivity contribution in [2.45, 2.75) is 152 Å². The first-order valence-corrected chi connectivity index (χ1v) is 16.0. The number of nitrogens with one attached hydrogen (secondary N) is 1. The normalized spacial score (nSPS) is 19.2. The summed E-state index contributed by atoms with van der Waals surface area (Å²) in [5, 5.41) is 93.6. The Morgan fingerprint density at radius 2 is 1.04 bits per heavy atom. The molecule has 0 spiro atoms. The van der Waals surface area contributed by atoms with Gasteiger partial charge in [0.2, 0.25) is 5.91 Å². The Morgan fingerprint density at radius 1 is 0.622 bits per heavy atom. The fourth-order valence-electron chi connectivity index (χ4n) is 4.62. The summed E-state index contributed by atoms with van der Waals surface area (Å²) < 4.78 is 0. The molecule has 0 saturated heterocycles. The highest BCUT2D eigenvalue weighted by molar-refractivity contribution is 5.81. The molecule has 13 heteroatoms. The molecule has 0 aliphatic heterocycles. The van der Waals surface area contributed by atoms with Crippen LogP contribution >= 0.6 is 0 Å². The Bertz CT molecular complexity index is 855. The second-order valence-corrected chi connectivity index (χ2v) is 12.5. The van der Waals surface area contributed by atoms with Crippen LogP contribution in [0.15, 0.2) is 24.3 Å². The molecule has 0 aromatic carbocycles. The van der Waals surface area contributed by atoms with Crippen molar-refractivity contribution in [1.29, 1.82) is 0 Å². The van der Waals surface area contributed by atoms with Gasteiger partial charge < -0.3 is 57.0 Å². The van der Waals surface area contributed by atoms with Gasteiger partial charge in [0.1, 0.15) is 5.78 Å². The number of carbonyl (C=O) groups is 2. The zero-order valence-corrected chi connectivity index (χ0v) is 27.1. The van der Waals surface area contributed by atoms with Crippen molar-refractivity contribution in [1.82, 2.24) is 5.32 Å². The molecule has 264 valence electrons. The van der Waals surface area contributed by atoms with Gasteiger partial charge in [0, 0.05) is 31.7 Å². The maximum absolute atomic E-state index is 11.7. The molecule has 0 aliphatic rings. The third-order valence-electron chi connectivity index (χ3n) is 7.24.